The van der Waals surface area contributed by atoms with Crippen LogP contribution in [0, 0.1) is 0 Å². The molecule has 2 aromatic carbocycles. The molecule has 0 saturated heterocycles. The van der Waals surface area contributed by atoms with Gasteiger partial charge in [0, 0.05) is 16.7 Å². The molecule has 4 aromatic rings. The molecule has 0 bridgehead atoms. The van der Waals surface area contributed by atoms with Crippen LogP contribution >= 0.6 is 0 Å². The molecule has 2 heterocycles. The third-order valence-corrected chi connectivity index (χ3v) is 4.21. The third kappa shape index (κ3) is 2.67. The Balaban J connectivity index is 1.83. The number of para-hydroxylation sites is 1. The van der Waals surface area contributed by atoms with Crippen molar-refractivity contribution in [3.8, 4) is 28.3 Å². The predicted molar refractivity (Wildman–Crippen MR) is 98.9 cm³/mol. The first-order valence-electron chi connectivity index (χ1n) is 8.06. The van der Waals surface area contributed by atoms with Gasteiger partial charge in [-0.3, -0.25) is 4.79 Å². The minimum absolute atomic E-state index is 0.453. The van der Waals surface area contributed by atoms with Crippen LogP contribution in [0.5, 0.6) is 5.75 Å². The van der Waals surface area contributed by atoms with E-state index < -0.39 is 5.91 Å². The molecular weight excluding hydrogens is 328 g/mol. The summed E-state index contributed by atoms with van der Waals surface area (Å²) < 4.78 is 7.21. The van der Waals surface area contributed by atoms with Crippen LogP contribution in [0.2, 0.25) is 0 Å². The van der Waals surface area contributed by atoms with E-state index in [-0.39, 0.29) is 0 Å². The molecule has 0 aliphatic heterocycles. The van der Waals surface area contributed by atoms with Crippen molar-refractivity contribution < 1.29 is 9.53 Å². The van der Waals surface area contributed by atoms with Crippen LogP contribution in [-0.2, 0) is 0 Å². The normalized spacial score (nSPS) is 10.8. The molecule has 26 heavy (non-hydrogen) atoms. The Labute approximate surface area is 149 Å². The highest BCUT2D eigenvalue weighted by Crippen LogP contribution is 2.29. The lowest BCUT2D eigenvalue weighted by atomic mass is 10.1. The molecule has 0 unspecified atom stereocenters. The lowest BCUT2D eigenvalue weighted by Crippen LogP contribution is -2.10. The van der Waals surface area contributed by atoms with Crippen LogP contribution < -0.4 is 10.5 Å². The maximum absolute atomic E-state index is 11.3. The number of fused-ring (bicyclic) bond motifs is 1. The summed E-state index contributed by atoms with van der Waals surface area (Å²) in [6, 6.07) is 18.6. The van der Waals surface area contributed by atoms with Gasteiger partial charge in [0.1, 0.15) is 5.75 Å². The number of methoxy groups -OCH3 is 1. The monoisotopic (exact) mass is 344 g/mol. The van der Waals surface area contributed by atoms with Gasteiger partial charge in [-0.05, 0) is 36.4 Å². The minimum Gasteiger partial charge on any atom is -0.496 e. The standard InChI is InChI=1S/C20H16N4O2/c1-26-18-5-3-2-4-15(18)16-10-11-19-22-12-17(24(19)23-16)13-6-8-14(9-7-13)20(21)25/h2-12H,1H3,(H2,21,25). The molecule has 0 radical (unpaired) electrons. The van der Waals surface area contributed by atoms with Crippen LogP contribution in [0.4, 0.5) is 0 Å². The zero-order valence-corrected chi connectivity index (χ0v) is 14.1. The van der Waals surface area contributed by atoms with Crippen molar-refractivity contribution in [2.24, 2.45) is 5.73 Å². The van der Waals surface area contributed by atoms with Crippen molar-refractivity contribution in [1.29, 1.82) is 0 Å². The number of nitrogens with zero attached hydrogens (tertiary/aromatic N) is 3. The van der Waals surface area contributed by atoms with Gasteiger partial charge < -0.3 is 10.5 Å². The first kappa shape index (κ1) is 15.8. The second kappa shape index (κ2) is 6.33. The highest BCUT2D eigenvalue weighted by Gasteiger charge is 2.12. The Bertz CT molecular complexity index is 1100. The first-order valence-corrected chi connectivity index (χ1v) is 8.06. The average molecular weight is 344 g/mol. The largest absolute Gasteiger partial charge is 0.496 e. The SMILES string of the molecule is COc1ccccc1-c1ccc2ncc(-c3ccc(C(N)=O)cc3)n2n1. The minimum atomic E-state index is -0.453. The van der Waals surface area contributed by atoms with Gasteiger partial charge in [-0.1, -0.05) is 24.3 Å². The van der Waals surface area contributed by atoms with Gasteiger partial charge in [-0.25, -0.2) is 9.50 Å². The van der Waals surface area contributed by atoms with Crippen LogP contribution in [0.3, 0.4) is 0 Å². The van der Waals surface area contributed by atoms with Crippen LogP contribution in [-0.4, -0.2) is 27.6 Å². The molecule has 128 valence electrons. The van der Waals surface area contributed by atoms with Crippen molar-refractivity contribution in [2.75, 3.05) is 7.11 Å². The van der Waals surface area contributed by atoms with Gasteiger partial charge in [0.15, 0.2) is 5.65 Å². The molecule has 6 heteroatoms. The van der Waals surface area contributed by atoms with Crippen molar-refractivity contribution in [2.45, 2.75) is 0 Å². The van der Waals surface area contributed by atoms with Crippen molar-refractivity contribution in [1.82, 2.24) is 14.6 Å². The Morgan fingerprint density at radius 2 is 1.81 bits per heavy atom. The van der Waals surface area contributed by atoms with E-state index in [1.165, 1.54) is 0 Å². The Morgan fingerprint density at radius 1 is 1.04 bits per heavy atom. The Hall–Kier alpha value is -3.67. The number of carbonyl (C=O) groups is 1. The number of primary amides is 1. The van der Waals surface area contributed by atoms with E-state index in [9.17, 15) is 4.79 Å². The molecule has 0 aliphatic rings. The summed E-state index contributed by atoms with van der Waals surface area (Å²) in [6.07, 6.45) is 1.76. The van der Waals surface area contributed by atoms with Crippen LogP contribution in [0.15, 0.2) is 66.9 Å². The number of imidazole rings is 1. The van der Waals surface area contributed by atoms with Gasteiger partial charge in [0.05, 0.1) is 24.7 Å². The van der Waals surface area contributed by atoms with E-state index in [0.717, 1.165) is 33.9 Å². The van der Waals surface area contributed by atoms with Gasteiger partial charge in [-0.15, -0.1) is 0 Å². The number of carbonyl (C=O) groups excluding carboxylic acids is 1. The van der Waals surface area contributed by atoms with Crippen LogP contribution in [0.25, 0.3) is 28.2 Å². The molecule has 2 aromatic heterocycles. The number of amides is 1. The predicted octanol–water partition coefficient (Wildman–Crippen LogP) is 3.17. The highest BCUT2D eigenvalue weighted by molar-refractivity contribution is 5.93. The number of ether oxygens (including phenoxy) is 1. The van der Waals surface area contributed by atoms with E-state index >= 15 is 0 Å². The zero-order valence-electron chi connectivity index (χ0n) is 14.1. The number of benzene rings is 2. The fourth-order valence-corrected chi connectivity index (χ4v) is 2.88. The maximum atomic E-state index is 11.3. The number of hydrogen-bond donors (Lipinski definition) is 1. The number of rotatable bonds is 4. The summed E-state index contributed by atoms with van der Waals surface area (Å²) >= 11 is 0. The maximum Gasteiger partial charge on any atom is 0.248 e. The number of hydrogen-bond acceptors (Lipinski definition) is 4. The van der Waals surface area contributed by atoms with Gasteiger partial charge in [0.25, 0.3) is 0 Å². The second-order valence-corrected chi connectivity index (χ2v) is 5.77. The van der Waals surface area contributed by atoms with Crippen molar-refractivity contribution in [3.63, 3.8) is 0 Å². The summed E-state index contributed by atoms with van der Waals surface area (Å²) in [6.45, 7) is 0. The molecule has 1 amide bonds. The Morgan fingerprint density at radius 3 is 2.54 bits per heavy atom. The van der Waals surface area contributed by atoms with E-state index in [1.54, 1.807) is 30.0 Å². The molecule has 0 fully saturated rings. The molecule has 4 rings (SSSR count). The summed E-state index contributed by atoms with van der Waals surface area (Å²) in [5, 5.41) is 4.73. The lowest BCUT2D eigenvalue weighted by molar-refractivity contribution is 0.100. The third-order valence-electron chi connectivity index (χ3n) is 4.21. The average Bonchev–Trinajstić information content (AvgIpc) is 3.11. The fraction of sp³-hybridized carbons (Fsp3) is 0.0500. The summed E-state index contributed by atoms with van der Waals surface area (Å²) in [7, 11) is 1.64. The van der Waals surface area contributed by atoms with E-state index in [0.29, 0.717) is 5.56 Å². The zero-order chi connectivity index (χ0) is 18.1. The van der Waals surface area contributed by atoms with E-state index in [1.807, 2.05) is 48.5 Å². The van der Waals surface area contributed by atoms with Crippen LogP contribution in [0.1, 0.15) is 10.4 Å². The molecular formula is C20H16N4O2. The summed E-state index contributed by atoms with van der Waals surface area (Å²) in [4.78, 5) is 15.7. The molecule has 0 spiro atoms. The Kier molecular flexibility index (Phi) is 3.85. The van der Waals surface area contributed by atoms with Crippen molar-refractivity contribution in [3.05, 3.63) is 72.4 Å². The molecule has 0 saturated carbocycles. The molecule has 2 N–H and O–H groups in total. The van der Waals surface area contributed by atoms with Gasteiger partial charge >= 0.3 is 0 Å². The number of aromatic nitrogens is 3. The van der Waals surface area contributed by atoms with Gasteiger partial charge in [0.2, 0.25) is 5.91 Å². The topological polar surface area (TPSA) is 82.5 Å². The number of nitrogens with two attached hydrogens (primary N) is 1. The first-order chi connectivity index (χ1) is 12.7. The fourth-order valence-electron chi connectivity index (χ4n) is 2.88. The summed E-state index contributed by atoms with van der Waals surface area (Å²) in [5.41, 5.74) is 9.91. The highest BCUT2D eigenvalue weighted by atomic mass is 16.5. The van der Waals surface area contributed by atoms with Gasteiger partial charge in [-0.2, -0.15) is 5.10 Å². The second-order valence-electron chi connectivity index (χ2n) is 5.77. The molecule has 0 atom stereocenters. The van der Waals surface area contributed by atoms with E-state index in [2.05, 4.69) is 4.98 Å². The van der Waals surface area contributed by atoms with E-state index in [4.69, 9.17) is 15.6 Å². The quantitative estimate of drug-likeness (QED) is 0.616. The smallest absolute Gasteiger partial charge is 0.248 e. The summed E-state index contributed by atoms with van der Waals surface area (Å²) in [5.74, 6) is 0.304. The molecule has 6 nitrogen and oxygen atoms in total. The van der Waals surface area contributed by atoms with Crippen molar-refractivity contribution >= 4 is 11.6 Å². The lowest BCUT2D eigenvalue weighted by Gasteiger charge is -2.08. The molecule has 0 aliphatic carbocycles.